The predicted octanol–water partition coefficient (Wildman–Crippen LogP) is 21.8. The van der Waals surface area contributed by atoms with Crippen molar-refractivity contribution in [1.82, 2.24) is 70.5 Å². The molecular formula is C95H76F16N20O4. The number of hydrogen-bond donors (Lipinski definition) is 9. The molecule has 3 saturated heterocycles. The number of alkyl halides is 16. The molecule has 8 aromatic carbocycles. The number of halogens is 16. The summed E-state index contributed by atoms with van der Waals surface area (Å²) in [6.45, 7) is 3.55. The van der Waals surface area contributed by atoms with Gasteiger partial charge < -0.3 is 31.9 Å². The summed E-state index contributed by atoms with van der Waals surface area (Å²) in [5.41, 5.74) is 16.2. The van der Waals surface area contributed by atoms with Crippen molar-refractivity contribution >= 4 is 101 Å². The second-order valence-corrected chi connectivity index (χ2v) is 32.2. The topological polar surface area (TPSA) is 318 Å². The predicted molar refractivity (Wildman–Crippen MR) is 475 cm³/mol. The lowest BCUT2D eigenvalue weighted by Gasteiger charge is -2.31. The number of carbonyl (C=O) groups excluding carboxylic acids is 4. The minimum absolute atomic E-state index is 0.0789. The van der Waals surface area contributed by atoms with Crippen molar-refractivity contribution < 1.29 is 89.4 Å². The van der Waals surface area contributed by atoms with Crippen LogP contribution in [-0.4, -0.2) is 145 Å². The number of nitrogens with two attached hydrogens (primary N) is 1. The van der Waals surface area contributed by atoms with E-state index in [1.807, 2.05) is 59.6 Å². The molecule has 4 amide bonds. The molecule has 0 bridgehead atoms. The van der Waals surface area contributed by atoms with Crippen LogP contribution in [0.15, 0.2) is 244 Å². The van der Waals surface area contributed by atoms with Gasteiger partial charge in [0.05, 0.1) is 68.4 Å². The van der Waals surface area contributed by atoms with Gasteiger partial charge in [-0.15, -0.1) is 0 Å². The summed E-state index contributed by atoms with van der Waals surface area (Å²) in [6, 6.07) is 46.2. The zero-order chi connectivity index (χ0) is 95.3. The van der Waals surface area contributed by atoms with E-state index in [1.165, 1.54) is 67.6 Å². The smallest absolute Gasteiger partial charge is 0.397 e. The third-order valence-electron chi connectivity index (χ3n) is 22.5. The Morgan fingerprint density at radius 2 is 0.615 bits per heavy atom. The van der Waals surface area contributed by atoms with E-state index >= 15 is 0 Å². The molecule has 0 radical (unpaired) electrons. The average molecular weight is 1870 g/mol. The number of H-pyrrole nitrogens is 4. The summed E-state index contributed by atoms with van der Waals surface area (Å²) in [5, 5.41) is 40.0. The van der Waals surface area contributed by atoms with Gasteiger partial charge in [0, 0.05) is 175 Å². The van der Waals surface area contributed by atoms with E-state index in [0.717, 1.165) is 123 Å². The number of aromatic nitrogens is 12. The summed E-state index contributed by atoms with van der Waals surface area (Å²) in [6.07, 6.45) is -2.46. The highest BCUT2D eigenvalue weighted by atomic mass is 19.4. The van der Waals surface area contributed by atoms with Gasteiger partial charge in [-0.25, -0.2) is 17.6 Å². The first-order valence-electron chi connectivity index (χ1n) is 41.7. The number of anilines is 6. The number of nitrogens with one attached hydrogen (secondary N) is 8. The van der Waals surface area contributed by atoms with Crippen LogP contribution in [0.2, 0.25) is 0 Å². The maximum absolute atomic E-state index is 13.5. The van der Waals surface area contributed by atoms with Crippen molar-refractivity contribution in [3.63, 3.8) is 0 Å². The van der Waals surface area contributed by atoms with Crippen LogP contribution in [-0.2, 0) is 37.8 Å². The summed E-state index contributed by atoms with van der Waals surface area (Å²) in [4.78, 5) is 74.1. The molecule has 0 saturated carbocycles. The highest BCUT2D eigenvalue weighted by Gasteiger charge is 2.39. The van der Waals surface area contributed by atoms with Gasteiger partial charge in [-0.3, -0.25) is 69.3 Å². The van der Waals surface area contributed by atoms with Gasteiger partial charge in [0.1, 0.15) is 0 Å². The Morgan fingerprint density at radius 3 is 0.926 bits per heavy atom. The van der Waals surface area contributed by atoms with Crippen LogP contribution < -0.4 is 31.9 Å². The Morgan fingerprint density at radius 1 is 0.326 bits per heavy atom. The molecule has 0 atom stereocenters. The molecule has 0 unspecified atom stereocenters. The molecule has 19 rings (SSSR count). The molecule has 11 heterocycles. The van der Waals surface area contributed by atoms with E-state index in [4.69, 9.17) is 5.73 Å². The number of amides is 4. The lowest BCUT2D eigenvalue weighted by molar-refractivity contribution is -0.138. The van der Waals surface area contributed by atoms with Crippen LogP contribution >= 0.6 is 0 Å². The van der Waals surface area contributed by atoms with Gasteiger partial charge in [-0.2, -0.15) is 73.1 Å². The first-order chi connectivity index (χ1) is 64.3. The molecule has 3 aliphatic heterocycles. The molecule has 3 aliphatic rings. The minimum Gasteiger partial charge on any atom is -0.397 e. The van der Waals surface area contributed by atoms with Crippen LogP contribution in [0.5, 0.6) is 0 Å². The zero-order valence-electron chi connectivity index (χ0n) is 70.5. The molecule has 16 aromatic rings. The van der Waals surface area contributed by atoms with Crippen molar-refractivity contribution in [3.8, 4) is 44.5 Å². The Labute approximate surface area is 755 Å². The Balaban J connectivity index is 0.000000131. The molecule has 24 nitrogen and oxygen atoms in total. The van der Waals surface area contributed by atoms with Crippen molar-refractivity contribution in [3.05, 3.63) is 300 Å². The van der Waals surface area contributed by atoms with Crippen molar-refractivity contribution in [1.29, 1.82) is 0 Å². The van der Waals surface area contributed by atoms with Crippen LogP contribution in [0.25, 0.3) is 88.1 Å². The Hall–Kier alpha value is -15.5. The summed E-state index contributed by atoms with van der Waals surface area (Å²) < 4.78 is 207. The number of aromatic amines is 4. The number of carbonyl (C=O) groups is 4. The second-order valence-electron chi connectivity index (χ2n) is 32.2. The Bertz CT molecular complexity index is 7010. The van der Waals surface area contributed by atoms with Crippen molar-refractivity contribution in [2.45, 2.75) is 81.7 Å². The lowest BCUT2D eigenvalue weighted by atomic mass is 10.0. The fourth-order valence-electron chi connectivity index (χ4n) is 15.5. The normalized spacial score (nSPS) is 14.6. The lowest BCUT2D eigenvalue weighted by Crippen LogP contribution is -2.38. The van der Waals surface area contributed by atoms with Crippen LogP contribution in [0.4, 0.5) is 104 Å². The third kappa shape index (κ3) is 22.7. The van der Waals surface area contributed by atoms with Crippen LogP contribution in [0.1, 0.15) is 107 Å². The number of fused-ring (bicyclic) bond motifs is 4. The fraction of sp³-hybridized carbons (Fsp3) is 0.200. The molecule has 0 spiro atoms. The summed E-state index contributed by atoms with van der Waals surface area (Å²) in [7, 11) is 0. The third-order valence-corrected chi connectivity index (χ3v) is 22.5. The number of nitrogen functional groups attached to an aromatic ring is 1. The second kappa shape index (κ2) is 38.4. The van der Waals surface area contributed by atoms with Gasteiger partial charge in [0.25, 0.3) is 35.5 Å². The van der Waals surface area contributed by atoms with Gasteiger partial charge in [-0.05, 0) is 216 Å². The molecule has 3 fully saturated rings. The largest absolute Gasteiger partial charge is 0.416 e. The minimum atomic E-state index is -4.47. The van der Waals surface area contributed by atoms with E-state index in [2.05, 4.69) is 93.0 Å². The zero-order valence-corrected chi connectivity index (χ0v) is 70.5. The van der Waals surface area contributed by atoms with E-state index in [1.54, 1.807) is 84.5 Å². The number of nitrogens with zero attached hydrogens (tertiary/aromatic N) is 11. The maximum Gasteiger partial charge on any atom is 0.416 e. The van der Waals surface area contributed by atoms with Crippen molar-refractivity contribution in [2.75, 3.05) is 71.2 Å². The van der Waals surface area contributed by atoms with E-state index in [9.17, 15) is 89.4 Å². The van der Waals surface area contributed by atoms with Crippen LogP contribution in [0, 0.1) is 0 Å². The quantitative estimate of drug-likeness (QED) is 0.0383. The van der Waals surface area contributed by atoms with Gasteiger partial charge >= 0.3 is 24.7 Å². The fourth-order valence-corrected chi connectivity index (χ4v) is 15.5. The number of benzene rings is 8. The number of rotatable bonds is 17. The monoisotopic (exact) mass is 1860 g/mol. The van der Waals surface area contributed by atoms with E-state index in [0.29, 0.717) is 82.0 Å². The van der Waals surface area contributed by atoms with Gasteiger partial charge in [-0.1, -0.05) is 24.3 Å². The molecule has 135 heavy (non-hydrogen) atoms. The molecular weight excluding hydrogens is 1790 g/mol. The Kier molecular flexibility index (Phi) is 26.4. The van der Waals surface area contributed by atoms with E-state index in [-0.39, 0.29) is 71.3 Å². The standard InChI is InChI=1S/C26H22F5N5O.C25H20F5N5O.C24H20F3N5O.C20H14F3N5O/c27-25(28)7-9-36(10-8-25)15-16-11-18(14-32-13-16)17-1-6-22-21(12-17)23(35-34-22)24(37)33-20-4-2-19(3-5-20)26(29,30)31;26-24(27)7-8-35(14-24)13-15-9-17(12-31-11-15)16-1-6-21-20(10-16)22(34-33-21)23(36)32-19-4-2-18(3-5-19)25(28,29)30;25-24(26,27)17-4-6-18(7-5-17)29-23(33)22-20-12-15(3-8-21(20)30-31-22)16-11-19(14-28-13-16)32-9-1-2-10-32;21-20(22,23)13-2-4-15(5-3-13)26-19(29)18-16-8-11(1-6-17(16)27-28-18)12-7-14(24)10-25-9-12/h1-6,11-14H,7-10,15H2,(H,33,37)(H,34,35);1-6,9-12H,7-8,13-14H2,(H,32,36)(H,33,34);3-8,11-14H,1-2,9-10H2,(H,29,33)(H,30,31);1-10H,24H2,(H,26,29)(H,27,28). The highest BCUT2D eigenvalue weighted by Crippen LogP contribution is 2.39. The first-order valence-corrected chi connectivity index (χ1v) is 41.7. The summed E-state index contributed by atoms with van der Waals surface area (Å²) in [5.74, 6) is -7.49. The SMILES string of the molecule is Nc1cncc(-c2ccc3[nH]nc(C(=O)Nc4ccc(C(F)(F)F)cc4)c3c2)c1.O=C(Nc1ccc(C(F)(F)F)cc1)c1n[nH]c2ccc(-c3cncc(CN4CCC(F)(F)C4)c3)cc12.O=C(Nc1ccc(C(F)(F)F)cc1)c1n[nH]c2ccc(-c3cncc(CN4CCC(F)(F)CC4)c3)cc12.O=C(Nc1ccc(C(F)(F)F)cc1)c1n[nH]c2ccc(-c3cncc(N4CCCC4)c3)cc12. The molecule has 10 N–H and O–H groups in total. The first kappa shape index (κ1) is 92.8. The molecule has 692 valence electrons. The number of piperidine rings is 1. The van der Waals surface area contributed by atoms with Crippen LogP contribution in [0.3, 0.4) is 0 Å². The number of hydrogen-bond acceptors (Lipinski definition) is 16. The highest BCUT2D eigenvalue weighted by molar-refractivity contribution is 6.15. The van der Waals surface area contributed by atoms with Gasteiger partial charge in [0.2, 0.25) is 0 Å². The number of pyridine rings is 4. The summed E-state index contributed by atoms with van der Waals surface area (Å²) >= 11 is 0. The molecule has 40 heteroatoms. The average Bonchev–Trinajstić information content (AvgIpc) is 1.65. The van der Waals surface area contributed by atoms with Crippen molar-refractivity contribution in [2.24, 2.45) is 0 Å². The van der Waals surface area contributed by atoms with E-state index < -0.39 is 82.4 Å². The van der Waals surface area contributed by atoms with Gasteiger partial charge in [0.15, 0.2) is 22.8 Å². The molecule has 8 aromatic heterocycles. The number of likely N-dealkylation sites (tertiary alicyclic amines) is 2. The molecule has 0 aliphatic carbocycles. The maximum atomic E-state index is 13.5.